The van der Waals surface area contributed by atoms with E-state index in [0.717, 1.165) is 16.9 Å². The van der Waals surface area contributed by atoms with Crippen molar-refractivity contribution in [2.24, 2.45) is 0 Å². The normalized spacial score (nSPS) is 10.6. The summed E-state index contributed by atoms with van der Waals surface area (Å²) in [6.07, 6.45) is 3.01. The Morgan fingerprint density at radius 1 is 1.11 bits per heavy atom. The van der Waals surface area contributed by atoms with Crippen molar-refractivity contribution in [3.8, 4) is 5.75 Å². The molecule has 0 saturated carbocycles. The van der Waals surface area contributed by atoms with Gasteiger partial charge >= 0.3 is 5.97 Å². The van der Waals surface area contributed by atoms with Crippen LogP contribution in [0.4, 0.5) is 0 Å². The third-order valence-electron chi connectivity index (χ3n) is 3.98. The number of amides is 1. The van der Waals surface area contributed by atoms with Gasteiger partial charge in [-0.25, -0.2) is 4.79 Å². The smallest absolute Gasteiger partial charge is 0.330 e. The second kappa shape index (κ2) is 10.2. The van der Waals surface area contributed by atoms with Crippen LogP contribution in [0.25, 0.3) is 6.08 Å². The molecule has 0 aliphatic carbocycles. The maximum atomic E-state index is 12.8. The molecule has 0 radical (unpaired) electrons. The van der Waals surface area contributed by atoms with Gasteiger partial charge in [0.15, 0.2) is 0 Å². The first-order valence-electron chi connectivity index (χ1n) is 8.90. The Kier molecular flexibility index (Phi) is 7.62. The standard InChI is InChI=1S/C22H25NO4/c1-4-26-21(24)13-12-18-11-10-17(2)20(16-18)22(25)23(3)14-15-27-19-8-6-5-7-9-19/h5-13,16H,4,14-15H2,1-3H3/b13-12+. The van der Waals surface area contributed by atoms with E-state index < -0.39 is 5.97 Å². The molecule has 0 atom stereocenters. The largest absolute Gasteiger partial charge is 0.492 e. The van der Waals surface area contributed by atoms with Crippen molar-refractivity contribution in [3.05, 3.63) is 71.3 Å². The molecule has 5 heteroatoms. The second-order valence-corrected chi connectivity index (χ2v) is 6.05. The van der Waals surface area contributed by atoms with Gasteiger partial charge in [0.05, 0.1) is 13.2 Å². The van der Waals surface area contributed by atoms with E-state index in [0.29, 0.717) is 25.3 Å². The third-order valence-corrected chi connectivity index (χ3v) is 3.98. The van der Waals surface area contributed by atoms with Crippen LogP contribution in [0.3, 0.4) is 0 Å². The van der Waals surface area contributed by atoms with E-state index in [9.17, 15) is 9.59 Å². The quantitative estimate of drug-likeness (QED) is 0.527. The van der Waals surface area contributed by atoms with Crippen molar-refractivity contribution in [1.29, 1.82) is 0 Å². The minimum atomic E-state index is -0.402. The highest BCUT2D eigenvalue weighted by atomic mass is 16.5. The molecule has 142 valence electrons. The Bertz CT molecular complexity index is 799. The van der Waals surface area contributed by atoms with Crippen LogP contribution in [0.5, 0.6) is 5.75 Å². The molecule has 27 heavy (non-hydrogen) atoms. The second-order valence-electron chi connectivity index (χ2n) is 6.05. The first-order valence-corrected chi connectivity index (χ1v) is 8.90. The predicted molar refractivity (Wildman–Crippen MR) is 106 cm³/mol. The molecule has 2 aromatic rings. The lowest BCUT2D eigenvalue weighted by Gasteiger charge is -2.19. The number of hydrogen-bond acceptors (Lipinski definition) is 4. The van der Waals surface area contributed by atoms with Crippen molar-refractivity contribution in [3.63, 3.8) is 0 Å². The lowest BCUT2D eigenvalue weighted by Crippen LogP contribution is -2.31. The zero-order chi connectivity index (χ0) is 19.6. The minimum absolute atomic E-state index is 0.0875. The number of ether oxygens (including phenoxy) is 2. The number of aryl methyl sites for hydroxylation is 1. The van der Waals surface area contributed by atoms with E-state index >= 15 is 0 Å². The van der Waals surface area contributed by atoms with Crippen molar-refractivity contribution in [1.82, 2.24) is 4.90 Å². The molecule has 0 aliphatic rings. The highest BCUT2D eigenvalue weighted by molar-refractivity contribution is 5.96. The fourth-order valence-corrected chi connectivity index (χ4v) is 2.45. The van der Waals surface area contributed by atoms with Crippen molar-refractivity contribution < 1.29 is 19.1 Å². The predicted octanol–water partition coefficient (Wildman–Crippen LogP) is 3.72. The molecule has 2 rings (SSSR count). The highest BCUT2D eigenvalue weighted by Gasteiger charge is 2.14. The van der Waals surface area contributed by atoms with Gasteiger partial charge < -0.3 is 14.4 Å². The summed E-state index contributed by atoms with van der Waals surface area (Å²) in [6, 6.07) is 15.0. The summed E-state index contributed by atoms with van der Waals surface area (Å²) in [5.74, 6) is 0.289. The fraction of sp³-hybridized carbons (Fsp3) is 0.273. The summed E-state index contributed by atoms with van der Waals surface area (Å²) in [5.41, 5.74) is 2.25. The van der Waals surface area contributed by atoms with Gasteiger partial charge in [0, 0.05) is 18.7 Å². The SMILES string of the molecule is CCOC(=O)/C=C/c1ccc(C)c(C(=O)N(C)CCOc2ccccc2)c1. The Hall–Kier alpha value is -3.08. The number of benzene rings is 2. The topological polar surface area (TPSA) is 55.8 Å². The first-order chi connectivity index (χ1) is 13.0. The zero-order valence-corrected chi connectivity index (χ0v) is 16.0. The summed E-state index contributed by atoms with van der Waals surface area (Å²) < 4.78 is 10.5. The van der Waals surface area contributed by atoms with Gasteiger partial charge in [0.2, 0.25) is 0 Å². The summed E-state index contributed by atoms with van der Waals surface area (Å²) in [5, 5.41) is 0. The monoisotopic (exact) mass is 367 g/mol. The van der Waals surface area contributed by atoms with Gasteiger partial charge in [-0.3, -0.25) is 4.79 Å². The lowest BCUT2D eigenvalue weighted by atomic mass is 10.0. The van der Waals surface area contributed by atoms with E-state index in [1.807, 2.05) is 49.4 Å². The molecule has 0 N–H and O–H groups in total. The first kappa shape index (κ1) is 20.2. The van der Waals surface area contributed by atoms with Gasteiger partial charge in [0.25, 0.3) is 5.91 Å². The Balaban J connectivity index is 1.99. The summed E-state index contributed by atoms with van der Waals surface area (Å²) in [4.78, 5) is 25.8. The molecular weight excluding hydrogens is 342 g/mol. The van der Waals surface area contributed by atoms with E-state index in [-0.39, 0.29) is 5.91 Å². The molecule has 0 bridgehead atoms. The number of likely N-dealkylation sites (N-methyl/N-ethyl adjacent to an activating group) is 1. The molecule has 0 heterocycles. The maximum absolute atomic E-state index is 12.8. The Morgan fingerprint density at radius 2 is 1.85 bits per heavy atom. The van der Waals surface area contributed by atoms with Crippen LogP contribution < -0.4 is 4.74 Å². The van der Waals surface area contributed by atoms with Crippen LogP contribution >= 0.6 is 0 Å². The van der Waals surface area contributed by atoms with Crippen LogP contribution in [0.2, 0.25) is 0 Å². The van der Waals surface area contributed by atoms with Crippen LogP contribution in [0, 0.1) is 6.92 Å². The minimum Gasteiger partial charge on any atom is -0.492 e. The third kappa shape index (κ3) is 6.29. The van der Waals surface area contributed by atoms with E-state index in [1.54, 1.807) is 31.0 Å². The van der Waals surface area contributed by atoms with Crippen molar-refractivity contribution in [2.75, 3.05) is 26.8 Å². The number of nitrogens with zero attached hydrogens (tertiary/aromatic N) is 1. The molecule has 0 aliphatic heterocycles. The molecule has 0 saturated heterocycles. The molecule has 0 unspecified atom stereocenters. The average Bonchev–Trinajstić information content (AvgIpc) is 2.68. The molecule has 5 nitrogen and oxygen atoms in total. The van der Waals surface area contributed by atoms with E-state index in [2.05, 4.69) is 0 Å². The maximum Gasteiger partial charge on any atom is 0.330 e. The summed E-state index contributed by atoms with van der Waals surface area (Å²) in [6.45, 7) is 4.85. The van der Waals surface area contributed by atoms with E-state index in [1.165, 1.54) is 6.08 Å². The number of carbonyl (C=O) groups excluding carboxylic acids is 2. The van der Waals surface area contributed by atoms with Gasteiger partial charge in [-0.1, -0.05) is 30.3 Å². The molecule has 0 spiro atoms. The molecule has 0 fully saturated rings. The zero-order valence-electron chi connectivity index (χ0n) is 16.0. The summed E-state index contributed by atoms with van der Waals surface area (Å²) in [7, 11) is 1.75. The molecular formula is C22H25NO4. The summed E-state index contributed by atoms with van der Waals surface area (Å²) >= 11 is 0. The molecule has 2 aromatic carbocycles. The fourth-order valence-electron chi connectivity index (χ4n) is 2.45. The van der Waals surface area contributed by atoms with Crippen LogP contribution in [-0.4, -0.2) is 43.6 Å². The molecule has 0 aromatic heterocycles. The average molecular weight is 367 g/mol. The van der Waals surface area contributed by atoms with Gasteiger partial charge in [-0.05, 0) is 49.2 Å². The van der Waals surface area contributed by atoms with Crippen molar-refractivity contribution >= 4 is 18.0 Å². The van der Waals surface area contributed by atoms with Gasteiger partial charge in [-0.15, -0.1) is 0 Å². The highest BCUT2D eigenvalue weighted by Crippen LogP contribution is 2.15. The number of rotatable bonds is 8. The number of carbonyl (C=O) groups is 2. The Labute approximate surface area is 160 Å². The van der Waals surface area contributed by atoms with Crippen molar-refractivity contribution in [2.45, 2.75) is 13.8 Å². The van der Waals surface area contributed by atoms with Gasteiger partial charge in [0.1, 0.15) is 12.4 Å². The number of esters is 1. The van der Waals surface area contributed by atoms with Crippen LogP contribution in [0.1, 0.15) is 28.4 Å². The van der Waals surface area contributed by atoms with E-state index in [4.69, 9.17) is 9.47 Å². The number of para-hydroxylation sites is 1. The lowest BCUT2D eigenvalue weighted by molar-refractivity contribution is -0.137. The molecule has 1 amide bonds. The number of hydrogen-bond donors (Lipinski definition) is 0. The van der Waals surface area contributed by atoms with Crippen LogP contribution in [0.15, 0.2) is 54.6 Å². The Morgan fingerprint density at radius 3 is 2.56 bits per heavy atom. The van der Waals surface area contributed by atoms with Gasteiger partial charge in [-0.2, -0.15) is 0 Å². The van der Waals surface area contributed by atoms with Crippen LogP contribution in [-0.2, 0) is 9.53 Å².